The molecule has 4 aromatic rings. The smallest absolute Gasteiger partial charge is 0.336 e. The molecule has 0 saturated heterocycles. The molecule has 0 spiro atoms. The quantitative estimate of drug-likeness (QED) is 0.544. The van der Waals surface area contributed by atoms with E-state index in [0.29, 0.717) is 29.0 Å². The summed E-state index contributed by atoms with van der Waals surface area (Å²) in [7, 11) is 0. The zero-order valence-corrected chi connectivity index (χ0v) is 15.6. The van der Waals surface area contributed by atoms with E-state index in [4.69, 9.17) is 11.6 Å². The Morgan fingerprint density at radius 3 is 2.54 bits per heavy atom. The summed E-state index contributed by atoms with van der Waals surface area (Å²) in [6.07, 6.45) is 0. The summed E-state index contributed by atoms with van der Waals surface area (Å²) in [6.45, 7) is 2.26. The predicted octanol–water partition coefficient (Wildman–Crippen LogP) is 3.91. The number of aromatic nitrogens is 4. The number of aryl methyl sites for hydroxylation is 1. The fourth-order valence-electron chi connectivity index (χ4n) is 3.21. The third-order valence-corrected chi connectivity index (χ3v) is 4.82. The molecule has 2 N–H and O–H groups in total. The van der Waals surface area contributed by atoms with Gasteiger partial charge in [0.15, 0.2) is 5.15 Å². The molecule has 0 saturated carbocycles. The van der Waals surface area contributed by atoms with Gasteiger partial charge < -0.3 is 14.8 Å². The molecule has 0 radical (unpaired) electrons. The lowest BCUT2D eigenvalue weighted by atomic mass is 9.99. The molecule has 0 aliphatic rings. The zero-order valence-electron chi connectivity index (χ0n) is 14.8. The molecule has 2 aromatic heterocycles. The van der Waals surface area contributed by atoms with Gasteiger partial charge in [-0.3, -0.25) is 0 Å². The number of benzene rings is 2. The third-order valence-electron chi connectivity index (χ3n) is 4.56. The van der Waals surface area contributed by atoms with Crippen LogP contribution in [0.15, 0.2) is 48.5 Å². The van der Waals surface area contributed by atoms with E-state index in [2.05, 4.69) is 15.2 Å². The maximum Gasteiger partial charge on any atom is 0.336 e. The Labute approximate surface area is 164 Å². The number of fused-ring (bicyclic) bond motifs is 1. The fourth-order valence-corrected chi connectivity index (χ4v) is 3.38. The van der Waals surface area contributed by atoms with Gasteiger partial charge in [-0.1, -0.05) is 54.1 Å². The Hall–Kier alpha value is -3.45. The second kappa shape index (κ2) is 6.94. The number of imidazole rings is 1. The van der Waals surface area contributed by atoms with Crippen molar-refractivity contribution in [2.75, 3.05) is 0 Å². The van der Waals surface area contributed by atoms with Gasteiger partial charge in [-0.05, 0) is 29.7 Å². The molecule has 4 rings (SSSR count). The fraction of sp³-hybridized carbons (Fsp3) is 0.100. The first-order valence-corrected chi connectivity index (χ1v) is 8.83. The number of rotatable bonds is 4. The van der Waals surface area contributed by atoms with E-state index in [0.717, 1.165) is 11.1 Å². The second-order valence-electron chi connectivity index (χ2n) is 6.30. The number of hydrogen-bond donors (Lipinski definition) is 2. The van der Waals surface area contributed by atoms with Gasteiger partial charge in [-0.2, -0.15) is 0 Å². The molecule has 2 heterocycles. The highest BCUT2D eigenvalue weighted by Gasteiger charge is 2.17. The molecule has 0 amide bonds. The number of carbonyl (C=O) groups is 1. The second-order valence-corrected chi connectivity index (χ2v) is 6.66. The van der Waals surface area contributed by atoms with Crippen molar-refractivity contribution in [3.05, 3.63) is 70.6 Å². The number of halogens is 1. The minimum Gasteiger partial charge on any atom is -0.491 e. The summed E-state index contributed by atoms with van der Waals surface area (Å²) in [6, 6.07) is 14.4. The topological polar surface area (TPSA) is 101 Å². The summed E-state index contributed by atoms with van der Waals surface area (Å²) >= 11 is 6.04. The molecule has 2 aromatic carbocycles. The molecule has 0 unspecified atom stereocenters. The molecule has 28 heavy (non-hydrogen) atoms. The van der Waals surface area contributed by atoms with E-state index in [1.54, 1.807) is 18.2 Å². The SMILES string of the molecule is Cc1nc2c(Cl)nnc(O)c2n1Cc1ccc(-c2ccccc2C(=O)O)cc1. The Bertz CT molecular complexity index is 1200. The van der Waals surface area contributed by atoms with Crippen molar-refractivity contribution in [3.8, 4) is 17.0 Å². The summed E-state index contributed by atoms with van der Waals surface area (Å²) in [5, 5.41) is 26.9. The van der Waals surface area contributed by atoms with Crippen LogP contribution < -0.4 is 0 Å². The van der Waals surface area contributed by atoms with E-state index in [1.807, 2.05) is 41.8 Å². The highest BCUT2D eigenvalue weighted by atomic mass is 35.5. The molecule has 0 bridgehead atoms. The van der Waals surface area contributed by atoms with Gasteiger partial charge >= 0.3 is 5.97 Å². The molecule has 0 aliphatic carbocycles. The first-order chi connectivity index (χ1) is 13.5. The van der Waals surface area contributed by atoms with E-state index < -0.39 is 5.97 Å². The first-order valence-electron chi connectivity index (χ1n) is 8.45. The van der Waals surface area contributed by atoms with Crippen molar-refractivity contribution < 1.29 is 15.0 Å². The van der Waals surface area contributed by atoms with Crippen LogP contribution in [0.5, 0.6) is 5.88 Å². The third kappa shape index (κ3) is 3.05. The van der Waals surface area contributed by atoms with Crippen molar-refractivity contribution in [1.82, 2.24) is 19.7 Å². The molecule has 7 nitrogen and oxygen atoms in total. The predicted molar refractivity (Wildman–Crippen MR) is 105 cm³/mol. The van der Waals surface area contributed by atoms with Crippen LogP contribution in [0, 0.1) is 6.92 Å². The summed E-state index contributed by atoms with van der Waals surface area (Å²) in [5.41, 5.74) is 3.50. The van der Waals surface area contributed by atoms with Gasteiger partial charge in [-0.15, -0.1) is 10.2 Å². The maximum atomic E-state index is 11.4. The highest BCUT2D eigenvalue weighted by Crippen LogP contribution is 2.29. The van der Waals surface area contributed by atoms with Gasteiger partial charge in [0, 0.05) is 6.54 Å². The molecular weight excluding hydrogens is 380 g/mol. The van der Waals surface area contributed by atoms with Crippen molar-refractivity contribution in [2.45, 2.75) is 13.5 Å². The van der Waals surface area contributed by atoms with Gasteiger partial charge in [0.25, 0.3) is 5.88 Å². The van der Waals surface area contributed by atoms with Gasteiger partial charge in [0.05, 0.1) is 5.56 Å². The van der Waals surface area contributed by atoms with Crippen LogP contribution in [-0.4, -0.2) is 35.9 Å². The Morgan fingerprint density at radius 1 is 1.11 bits per heavy atom. The summed E-state index contributed by atoms with van der Waals surface area (Å²) in [5.74, 6) is -0.525. The number of aromatic carboxylic acids is 1. The molecule has 0 atom stereocenters. The van der Waals surface area contributed by atoms with E-state index >= 15 is 0 Å². The minimum absolute atomic E-state index is 0.135. The van der Waals surface area contributed by atoms with Crippen LogP contribution in [0.1, 0.15) is 21.7 Å². The van der Waals surface area contributed by atoms with E-state index in [1.165, 1.54) is 0 Å². The van der Waals surface area contributed by atoms with Crippen molar-refractivity contribution in [1.29, 1.82) is 0 Å². The minimum atomic E-state index is -0.964. The lowest BCUT2D eigenvalue weighted by Crippen LogP contribution is -2.03. The van der Waals surface area contributed by atoms with Crippen LogP contribution in [-0.2, 0) is 6.54 Å². The monoisotopic (exact) mass is 394 g/mol. The molecule has 8 heteroatoms. The van der Waals surface area contributed by atoms with Crippen LogP contribution in [0.3, 0.4) is 0 Å². The Kier molecular flexibility index (Phi) is 4.44. The van der Waals surface area contributed by atoms with Crippen molar-refractivity contribution in [2.24, 2.45) is 0 Å². The van der Waals surface area contributed by atoms with Crippen molar-refractivity contribution >= 4 is 28.6 Å². The van der Waals surface area contributed by atoms with Gasteiger partial charge in [-0.25, -0.2) is 9.78 Å². The number of carboxylic acids is 1. The Balaban J connectivity index is 1.71. The van der Waals surface area contributed by atoms with Crippen molar-refractivity contribution in [3.63, 3.8) is 0 Å². The van der Waals surface area contributed by atoms with E-state index in [9.17, 15) is 15.0 Å². The number of carboxylic acid groups (broad SMARTS) is 1. The van der Waals surface area contributed by atoms with Crippen LogP contribution in [0.2, 0.25) is 5.15 Å². The zero-order chi connectivity index (χ0) is 19.8. The van der Waals surface area contributed by atoms with Crippen LogP contribution >= 0.6 is 11.6 Å². The summed E-state index contributed by atoms with van der Waals surface area (Å²) < 4.78 is 1.81. The van der Waals surface area contributed by atoms with E-state index in [-0.39, 0.29) is 16.6 Å². The molecule has 0 fully saturated rings. The number of hydrogen-bond acceptors (Lipinski definition) is 5. The molecule has 0 aliphatic heterocycles. The largest absolute Gasteiger partial charge is 0.491 e. The molecular formula is C20H15ClN4O3. The van der Waals surface area contributed by atoms with Gasteiger partial charge in [0.2, 0.25) is 0 Å². The first kappa shape index (κ1) is 17.9. The lowest BCUT2D eigenvalue weighted by molar-refractivity contribution is 0.0697. The van der Waals surface area contributed by atoms with Crippen LogP contribution in [0.4, 0.5) is 0 Å². The average molecular weight is 395 g/mol. The average Bonchev–Trinajstić information content (AvgIpc) is 3.03. The highest BCUT2D eigenvalue weighted by molar-refractivity contribution is 6.33. The van der Waals surface area contributed by atoms with Gasteiger partial charge in [0.1, 0.15) is 16.9 Å². The maximum absolute atomic E-state index is 11.4. The van der Waals surface area contributed by atoms with Crippen LogP contribution in [0.25, 0.3) is 22.2 Å². The lowest BCUT2D eigenvalue weighted by Gasteiger charge is -2.10. The summed E-state index contributed by atoms with van der Waals surface area (Å²) in [4.78, 5) is 15.8. The Morgan fingerprint density at radius 2 is 1.82 bits per heavy atom. The number of aromatic hydroxyl groups is 1. The number of nitrogens with zero attached hydrogens (tertiary/aromatic N) is 4. The molecule has 140 valence electrons. The standard InChI is InChI=1S/C20H15ClN4O3/c1-11-22-16-17(19(26)24-23-18(16)21)25(11)10-12-6-8-13(9-7-12)14-4-2-3-5-15(14)20(27)28/h2-9H,10H2,1H3,(H,24,26)(H,27,28). The normalized spacial score (nSPS) is 11.1.